The molecule has 1 heterocycles. The van der Waals surface area contributed by atoms with Gasteiger partial charge < -0.3 is 9.64 Å². The highest BCUT2D eigenvalue weighted by Crippen LogP contribution is 2.20. The summed E-state index contributed by atoms with van der Waals surface area (Å²) in [4.78, 5) is 26.9. The maximum absolute atomic E-state index is 12.7. The van der Waals surface area contributed by atoms with E-state index in [4.69, 9.17) is 4.74 Å². The Kier molecular flexibility index (Phi) is 4.88. The minimum absolute atomic E-state index is 0.145. The van der Waals surface area contributed by atoms with Gasteiger partial charge in [-0.25, -0.2) is 4.79 Å². The number of rotatable bonds is 3. The van der Waals surface area contributed by atoms with Crippen LogP contribution in [0.3, 0.4) is 0 Å². The first-order chi connectivity index (χ1) is 12.0. The Balaban J connectivity index is 1.67. The lowest BCUT2D eigenvalue weighted by atomic mass is 9.99. The molecule has 0 unspecified atom stereocenters. The van der Waals surface area contributed by atoms with Crippen LogP contribution in [0.5, 0.6) is 0 Å². The van der Waals surface area contributed by atoms with Crippen molar-refractivity contribution in [1.82, 2.24) is 4.90 Å². The van der Waals surface area contributed by atoms with Gasteiger partial charge in [0.15, 0.2) is 6.10 Å². The summed E-state index contributed by atoms with van der Waals surface area (Å²) in [7, 11) is 0. The van der Waals surface area contributed by atoms with Crippen molar-refractivity contribution in [2.75, 3.05) is 6.54 Å². The summed E-state index contributed by atoms with van der Waals surface area (Å²) in [6.45, 7) is 6.71. The van der Waals surface area contributed by atoms with Gasteiger partial charge >= 0.3 is 5.97 Å². The van der Waals surface area contributed by atoms with Crippen molar-refractivity contribution in [3.8, 4) is 0 Å². The van der Waals surface area contributed by atoms with E-state index in [1.165, 1.54) is 5.56 Å². The second-order valence-electron chi connectivity index (χ2n) is 6.57. The maximum Gasteiger partial charge on any atom is 0.339 e. The molecular formula is C21H23NO3. The number of hydrogen-bond acceptors (Lipinski definition) is 3. The van der Waals surface area contributed by atoms with E-state index in [-0.39, 0.29) is 5.91 Å². The van der Waals surface area contributed by atoms with E-state index in [1.54, 1.807) is 17.9 Å². The molecule has 0 N–H and O–H groups in total. The van der Waals surface area contributed by atoms with Crippen molar-refractivity contribution in [1.29, 1.82) is 0 Å². The molecule has 4 heteroatoms. The molecule has 0 saturated carbocycles. The lowest BCUT2D eigenvalue weighted by molar-refractivity contribution is -0.140. The molecule has 130 valence electrons. The van der Waals surface area contributed by atoms with Gasteiger partial charge in [-0.3, -0.25) is 4.79 Å². The standard InChI is InChI=1S/C21H23NO3/c1-14-7-6-10-19(15(14)2)21(24)25-16(3)20(23)22-12-11-17-8-4-5-9-18(17)13-22/h4-10,16H,11-13H2,1-3H3/t16-/m0/s1. The molecule has 0 radical (unpaired) electrons. The van der Waals surface area contributed by atoms with E-state index >= 15 is 0 Å². The Hall–Kier alpha value is -2.62. The van der Waals surface area contributed by atoms with Crippen LogP contribution in [0.1, 0.15) is 39.5 Å². The summed E-state index contributed by atoms with van der Waals surface area (Å²) in [5.74, 6) is -0.590. The van der Waals surface area contributed by atoms with Crippen LogP contribution < -0.4 is 0 Å². The zero-order valence-corrected chi connectivity index (χ0v) is 14.9. The van der Waals surface area contributed by atoms with Gasteiger partial charge in [0, 0.05) is 13.1 Å². The molecule has 0 saturated heterocycles. The largest absolute Gasteiger partial charge is 0.449 e. The first kappa shape index (κ1) is 17.2. The molecule has 1 aliphatic rings. The monoisotopic (exact) mass is 337 g/mol. The van der Waals surface area contributed by atoms with Crippen LogP contribution in [0.25, 0.3) is 0 Å². The van der Waals surface area contributed by atoms with Crippen molar-refractivity contribution >= 4 is 11.9 Å². The quantitative estimate of drug-likeness (QED) is 0.806. The number of ether oxygens (including phenoxy) is 1. The van der Waals surface area contributed by atoms with Crippen molar-refractivity contribution < 1.29 is 14.3 Å². The minimum atomic E-state index is -0.794. The van der Waals surface area contributed by atoms with Gasteiger partial charge in [-0.15, -0.1) is 0 Å². The van der Waals surface area contributed by atoms with Gasteiger partial charge in [0.2, 0.25) is 0 Å². The van der Waals surface area contributed by atoms with Crippen molar-refractivity contribution in [2.45, 2.75) is 39.8 Å². The fourth-order valence-corrected chi connectivity index (χ4v) is 3.19. The molecular weight excluding hydrogens is 314 g/mol. The molecule has 0 aromatic heterocycles. The van der Waals surface area contributed by atoms with Crippen LogP contribution in [0, 0.1) is 13.8 Å². The van der Waals surface area contributed by atoms with Crippen molar-refractivity contribution in [3.63, 3.8) is 0 Å². The fraction of sp³-hybridized carbons (Fsp3) is 0.333. The van der Waals surface area contributed by atoms with E-state index in [2.05, 4.69) is 6.07 Å². The SMILES string of the molecule is Cc1cccc(C(=O)O[C@@H](C)C(=O)N2CCc3ccccc3C2)c1C. The first-order valence-electron chi connectivity index (χ1n) is 8.60. The third-order valence-electron chi connectivity index (χ3n) is 4.90. The van der Waals surface area contributed by atoms with Crippen molar-refractivity contribution in [2.24, 2.45) is 0 Å². The highest BCUT2D eigenvalue weighted by atomic mass is 16.5. The first-order valence-corrected chi connectivity index (χ1v) is 8.60. The van der Waals surface area contributed by atoms with Gasteiger partial charge in [0.05, 0.1) is 5.56 Å². The average Bonchev–Trinajstić information content (AvgIpc) is 2.62. The number of benzene rings is 2. The molecule has 1 amide bonds. The lowest BCUT2D eigenvalue weighted by Crippen LogP contribution is -2.42. The molecule has 2 aromatic carbocycles. The Morgan fingerprint density at radius 2 is 1.76 bits per heavy atom. The zero-order chi connectivity index (χ0) is 18.0. The topological polar surface area (TPSA) is 46.6 Å². The highest BCUT2D eigenvalue weighted by Gasteiger charge is 2.27. The van der Waals surface area contributed by atoms with Gasteiger partial charge in [0.25, 0.3) is 5.91 Å². The molecule has 0 spiro atoms. The van der Waals surface area contributed by atoms with Gasteiger partial charge in [-0.2, -0.15) is 0 Å². The molecule has 0 bridgehead atoms. The lowest BCUT2D eigenvalue weighted by Gasteiger charge is -2.30. The second-order valence-corrected chi connectivity index (χ2v) is 6.57. The third-order valence-corrected chi connectivity index (χ3v) is 4.90. The summed E-state index contributed by atoms with van der Waals surface area (Å²) < 4.78 is 5.45. The Labute approximate surface area is 148 Å². The molecule has 4 nitrogen and oxygen atoms in total. The summed E-state index contributed by atoms with van der Waals surface area (Å²) in [6, 6.07) is 13.7. The van der Waals surface area contributed by atoms with Gasteiger partial charge in [-0.05, 0) is 55.5 Å². The van der Waals surface area contributed by atoms with Gasteiger partial charge in [0.1, 0.15) is 0 Å². The third kappa shape index (κ3) is 3.58. The smallest absolute Gasteiger partial charge is 0.339 e. The number of esters is 1. The molecule has 1 aliphatic heterocycles. The minimum Gasteiger partial charge on any atom is -0.449 e. The summed E-state index contributed by atoms with van der Waals surface area (Å²) in [6.07, 6.45) is 0.0391. The van der Waals surface area contributed by atoms with Crippen molar-refractivity contribution in [3.05, 3.63) is 70.3 Å². The molecule has 3 rings (SSSR count). The highest BCUT2D eigenvalue weighted by molar-refractivity contribution is 5.93. The Morgan fingerprint density at radius 3 is 2.52 bits per heavy atom. The van der Waals surface area contributed by atoms with Crippen LogP contribution in [0.15, 0.2) is 42.5 Å². The van der Waals surface area contributed by atoms with Crippen LogP contribution in [0.4, 0.5) is 0 Å². The van der Waals surface area contributed by atoms with Crippen LogP contribution in [-0.2, 0) is 22.5 Å². The number of aryl methyl sites for hydroxylation is 1. The van der Waals surface area contributed by atoms with Crippen LogP contribution in [0.2, 0.25) is 0 Å². The predicted molar refractivity (Wildman–Crippen MR) is 96.4 cm³/mol. The molecule has 0 fully saturated rings. The molecule has 2 aromatic rings. The number of carbonyl (C=O) groups excluding carboxylic acids is 2. The van der Waals surface area contributed by atoms with E-state index in [0.29, 0.717) is 18.7 Å². The molecule has 25 heavy (non-hydrogen) atoms. The average molecular weight is 337 g/mol. The maximum atomic E-state index is 12.7. The van der Waals surface area contributed by atoms with E-state index < -0.39 is 12.1 Å². The Morgan fingerprint density at radius 1 is 1.04 bits per heavy atom. The molecule has 0 aliphatic carbocycles. The Bertz CT molecular complexity index is 813. The fourth-order valence-electron chi connectivity index (χ4n) is 3.19. The van der Waals surface area contributed by atoms with E-state index in [1.807, 2.05) is 44.2 Å². The zero-order valence-electron chi connectivity index (χ0n) is 14.9. The van der Waals surface area contributed by atoms with E-state index in [0.717, 1.165) is 23.1 Å². The summed E-state index contributed by atoms with van der Waals surface area (Å²) in [5, 5.41) is 0. The molecule has 1 atom stereocenters. The second kappa shape index (κ2) is 7.09. The van der Waals surface area contributed by atoms with E-state index in [9.17, 15) is 9.59 Å². The number of nitrogens with zero attached hydrogens (tertiary/aromatic N) is 1. The number of carbonyl (C=O) groups is 2. The van der Waals surface area contributed by atoms with Crippen LogP contribution >= 0.6 is 0 Å². The number of amides is 1. The summed E-state index contributed by atoms with van der Waals surface area (Å²) in [5.41, 5.74) is 4.88. The summed E-state index contributed by atoms with van der Waals surface area (Å²) >= 11 is 0. The van der Waals surface area contributed by atoms with Gasteiger partial charge in [-0.1, -0.05) is 36.4 Å². The predicted octanol–water partition coefficient (Wildman–Crippen LogP) is 3.43. The number of hydrogen-bond donors (Lipinski definition) is 0. The number of fused-ring (bicyclic) bond motifs is 1. The van der Waals surface area contributed by atoms with Crippen LogP contribution in [-0.4, -0.2) is 29.4 Å². The normalized spacial score (nSPS) is 14.6.